The van der Waals surface area contributed by atoms with Crippen molar-refractivity contribution in [2.45, 2.75) is 62.0 Å². The maximum Gasteiger partial charge on any atom is 0.232 e. The average Bonchev–Trinajstić information content (AvgIpc) is 3.13. The van der Waals surface area contributed by atoms with Crippen molar-refractivity contribution in [2.75, 3.05) is 18.8 Å². The van der Waals surface area contributed by atoms with E-state index in [0.29, 0.717) is 22.3 Å². The van der Waals surface area contributed by atoms with E-state index in [-0.39, 0.29) is 0 Å². The quantitative estimate of drug-likeness (QED) is 0.889. The maximum atomic E-state index is 12.9. The van der Waals surface area contributed by atoms with Crippen LogP contribution in [0.1, 0.15) is 63.1 Å². The summed E-state index contributed by atoms with van der Waals surface area (Å²) in [6.07, 6.45) is 14.5. The molecule has 0 aromatic carbocycles. The van der Waals surface area contributed by atoms with Gasteiger partial charge in [-0.05, 0) is 69.1 Å². The van der Waals surface area contributed by atoms with Crippen molar-refractivity contribution in [1.82, 2.24) is 14.9 Å². The highest BCUT2D eigenvalue weighted by Crippen LogP contribution is 2.60. The molecule has 4 saturated carbocycles. The molecule has 136 valence electrons. The molecule has 1 atom stereocenters. The highest BCUT2D eigenvalue weighted by atomic mass is 32.2. The second-order valence-electron chi connectivity index (χ2n) is 9.04. The van der Waals surface area contributed by atoms with Gasteiger partial charge >= 0.3 is 0 Å². The second kappa shape index (κ2) is 6.33. The molecule has 1 unspecified atom stereocenters. The highest BCUT2D eigenvalue weighted by Gasteiger charge is 2.51. The topological polar surface area (TPSA) is 49.0 Å². The molecule has 5 heteroatoms. The summed E-state index contributed by atoms with van der Waals surface area (Å²) in [5.74, 6) is 5.38. The molecule has 6 rings (SSSR count). The first kappa shape index (κ1) is 16.2. The van der Waals surface area contributed by atoms with Gasteiger partial charge in [-0.25, -0.2) is 4.98 Å². The van der Waals surface area contributed by atoms with Gasteiger partial charge in [0.2, 0.25) is 5.91 Å². The van der Waals surface area contributed by atoms with Crippen LogP contribution in [-0.2, 0) is 4.79 Å². The Labute approximate surface area is 154 Å². The summed E-state index contributed by atoms with van der Waals surface area (Å²) in [6.45, 7) is 1.77. The molecule has 1 aromatic rings. The van der Waals surface area contributed by atoms with Crippen LogP contribution in [0.5, 0.6) is 0 Å². The van der Waals surface area contributed by atoms with Crippen LogP contribution < -0.4 is 0 Å². The Bertz CT molecular complexity index is 594. The van der Waals surface area contributed by atoms with E-state index in [4.69, 9.17) is 0 Å². The number of nitrogens with zero attached hydrogens (tertiary/aromatic N) is 2. The predicted octanol–water partition coefficient (Wildman–Crippen LogP) is 3.82. The zero-order valence-electron chi connectivity index (χ0n) is 15.0. The first-order chi connectivity index (χ1) is 12.2. The van der Waals surface area contributed by atoms with Crippen molar-refractivity contribution in [3.8, 4) is 0 Å². The van der Waals surface area contributed by atoms with Gasteiger partial charge in [-0.15, -0.1) is 11.8 Å². The number of aromatic amines is 1. The summed E-state index contributed by atoms with van der Waals surface area (Å²) in [5.41, 5.74) is 0. The van der Waals surface area contributed by atoms with Gasteiger partial charge in [0, 0.05) is 36.1 Å². The van der Waals surface area contributed by atoms with E-state index >= 15 is 0 Å². The number of carbonyl (C=O) groups is 1. The minimum absolute atomic E-state index is 0.358. The third-order valence-electron chi connectivity index (χ3n) is 7.16. The van der Waals surface area contributed by atoms with Crippen molar-refractivity contribution < 1.29 is 4.79 Å². The van der Waals surface area contributed by atoms with E-state index in [1.54, 1.807) is 0 Å². The lowest BCUT2D eigenvalue weighted by Crippen LogP contribution is -2.49. The zero-order chi connectivity index (χ0) is 16.9. The fourth-order valence-electron chi connectivity index (χ4n) is 6.44. The van der Waals surface area contributed by atoms with Gasteiger partial charge in [0.05, 0.1) is 5.75 Å². The number of likely N-dealkylation sites (tertiary alicyclic amines) is 1. The van der Waals surface area contributed by atoms with Crippen molar-refractivity contribution in [2.24, 2.45) is 17.8 Å². The molecule has 0 spiro atoms. The highest BCUT2D eigenvalue weighted by molar-refractivity contribution is 8.01. The number of H-pyrrole nitrogens is 1. The van der Waals surface area contributed by atoms with Gasteiger partial charge in [0.1, 0.15) is 5.82 Å². The molecule has 0 radical (unpaired) electrons. The van der Waals surface area contributed by atoms with Crippen LogP contribution in [0.4, 0.5) is 0 Å². The van der Waals surface area contributed by atoms with Crippen molar-refractivity contribution in [1.29, 1.82) is 0 Å². The van der Waals surface area contributed by atoms with Crippen LogP contribution >= 0.6 is 11.8 Å². The van der Waals surface area contributed by atoms with Gasteiger partial charge in [0.15, 0.2) is 0 Å². The van der Waals surface area contributed by atoms with Crippen LogP contribution in [0.25, 0.3) is 0 Å². The number of nitrogens with one attached hydrogen (secondary N) is 1. The molecule has 4 nitrogen and oxygen atoms in total. The Morgan fingerprint density at radius 3 is 2.60 bits per heavy atom. The molecule has 5 aliphatic rings. The van der Waals surface area contributed by atoms with E-state index in [1.807, 2.05) is 24.2 Å². The monoisotopic (exact) mass is 359 g/mol. The lowest BCUT2D eigenvalue weighted by molar-refractivity contribution is -0.129. The van der Waals surface area contributed by atoms with Gasteiger partial charge < -0.3 is 9.88 Å². The van der Waals surface area contributed by atoms with Crippen LogP contribution in [0.3, 0.4) is 0 Å². The van der Waals surface area contributed by atoms with Gasteiger partial charge in [-0.3, -0.25) is 4.79 Å². The summed E-state index contributed by atoms with van der Waals surface area (Å²) in [6, 6.07) is 0. The Balaban J connectivity index is 1.19. The lowest BCUT2D eigenvalue weighted by atomic mass is 9.56. The molecular formula is C20H29N3OS. The van der Waals surface area contributed by atoms with Crippen LogP contribution in [-0.4, -0.2) is 44.4 Å². The SMILES string of the molecule is O=C(CSC12CC3CC(CC(C3)C1)C2)N1CCCC(c2ncc[nH]2)C1. The van der Waals surface area contributed by atoms with E-state index in [9.17, 15) is 4.79 Å². The summed E-state index contributed by atoms with van der Waals surface area (Å²) < 4.78 is 0.445. The van der Waals surface area contributed by atoms with E-state index in [2.05, 4.69) is 14.9 Å². The third kappa shape index (κ3) is 3.13. The molecule has 5 fully saturated rings. The lowest BCUT2D eigenvalue weighted by Gasteiger charge is -2.56. The van der Waals surface area contributed by atoms with Gasteiger partial charge in [-0.1, -0.05) is 0 Å². The number of hydrogen-bond donors (Lipinski definition) is 1. The first-order valence-electron chi connectivity index (χ1n) is 10.1. The Kier molecular flexibility index (Phi) is 4.11. The van der Waals surface area contributed by atoms with Gasteiger partial charge in [-0.2, -0.15) is 0 Å². The molecule has 4 bridgehead atoms. The second-order valence-corrected chi connectivity index (χ2v) is 10.5. The van der Waals surface area contributed by atoms with Crippen LogP contribution in [0, 0.1) is 17.8 Å². The van der Waals surface area contributed by atoms with Crippen molar-refractivity contribution >= 4 is 17.7 Å². The first-order valence-corrected chi connectivity index (χ1v) is 11.1. The maximum absolute atomic E-state index is 12.9. The van der Waals surface area contributed by atoms with E-state index in [0.717, 1.165) is 49.5 Å². The summed E-state index contributed by atoms with van der Waals surface area (Å²) in [5, 5.41) is 0. The molecule has 1 saturated heterocycles. The molecule has 4 aliphatic carbocycles. The Morgan fingerprint density at radius 1 is 1.24 bits per heavy atom. The average molecular weight is 360 g/mol. The number of aromatic nitrogens is 2. The zero-order valence-corrected chi connectivity index (χ0v) is 15.8. The normalized spacial score (nSPS) is 39.8. The van der Waals surface area contributed by atoms with Crippen LogP contribution in [0.15, 0.2) is 12.4 Å². The molecule has 1 N–H and O–H groups in total. The van der Waals surface area contributed by atoms with Crippen molar-refractivity contribution in [3.05, 3.63) is 18.2 Å². The van der Waals surface area contributed by atoms with Crippen molar-refractivity contribution in [3.63, 3.8) is 0 Å². The molecule has 2 heterocycles. The number of rotatable bonds is 4. The molecule has 25 heavy (non-hydrogen) atoms. The number of thioether (sulfide) groups is 1. The minimum Gasteiger partial charge on any atom is -0.348 e. The number of carbonyl (C=O) groups excluding carboxylic acids is 1. The summed E-state index contributed by atoms with van der Waals surface area (Å²) >= 11 is 2.02. The van der Waals surface area contributed by atoms with Gasteiger partial charge in [0.25, 0.3) is 0 Å². The Hall–Kier alpha value is -0.970. The molecular weight excluding hydrogens is 330 g/mol. The standard InChI is InChI=1S/C20H29N3OS/c24-18(23-5-1-2-17(12-23)19-21-3-4-22-19)13-25-20-9-14-6-15(10-20)8-16(7-14)11-20/h3-4,14-17H,1-2,5-13H2,(H,21,22). The summed E-state index contributed by atoms with van der Waals surface area (Å²) in [7, 11) is 0. The fourth-order valence-corrected chi connectivity index (χ4v) is 8.11. The molecule has 1 aromatic heterocycles. The predicted molar refractivity (Wildman–Crippen MR) is 101 cm³/mol. The number of piperidine rings is 1. The largest absolute Gasteiger partial charge is 0.348 e. The van der Waals surface area contributed by atoms with Crippen LogP contribution in [0.2, 0.25) is 0 Å². The van der Waals surface area contributed by atoms with E-state index < -0.39 is 0 Å². The molecule has 1 amide bonds. The summed E-state index contributed by atoms with van der Waals surface area (Å²) in [4.78, 5) is 22.6. The van der Waals surface area contributed by atoms with E-state index in [1.165, 1.54) is 38.5 Å². The minimum atomic E-state index is 0.358. The Morgan fingerprint density at radius 2 is 1.96 bits per heavy atom. The molecule has 1 aliphatic heterocycles. The number of hydrogen-bond acceptors (Lipinski definition) is 3. The third-order valence-corrected chi connectivity index (χ3v) is 8.67. The number of amides is 1. The number of imidazole rings is 1. The fraction of sp³-hybridized carbons (Fsp3) is 0.800. The smallest absolute Gasteiger partial charge is 0.232 e.